The lowest BCUT2D eigenvalue weighted by Gasteiger charge is -2.37. The van der Waals surface area contributed by atoms with Crippen LogP contribution in [-0.4, -0.2) is 117 Å². The zero-order valence-electron chi connectivity index (χ0n) is 28.3. The summed E-state index contributed by atoms with van der Waals surface area (Å²) in [5.74, 6) is -8.81. The van der Waals surface area contributed by atoms with Gasteiger partial charge in [0.15, 0.2) is 0 Å². The predicted octanol–water partition coefficient (Wildman–Crippen LogP) is 5.51. The van der Waals surface area contributed by atoms with E-state index >= 15 is 0 Å². The molecule has 22 heteroatoms. The van der Waals surface area contributed by atoms with Crippen LogP contribution in [0.3, 0.4) is 0 Å². The van der Waals surface area contributed by atoms with E-state index < -0.39 is 54.4 Å². The van der Waals surface area contributed by atoms with Crippen LogP contribution in [0.1, 0.15) is 57.1 Å². The molecule has 0 bridgehead atoms. The van der Waals surface area contributed by atoms with Crippen molar-refractivity contribution in [2.75, 3.05) is 33.3 Å². The number of aliphatic hydroxyl groups excluding tert-OH is 1. The second-order valence-corrected chi connectivity index (χ2v) is 11.2. The fraction of sp³-hybridized carbons (Fsp3) is 0.581. The highest BCUT2D eigenvalue weighted by Crippen LogP contribution is 2.27. The van der Waals surface area contributed by atoms with Crippen LogP contribution in [0.5, 0.6) is 5.75 Å². The van der Waals surface area contributed by atoms with Gasteiger partial charge in [-0.25, -0.2) is 14.4 Å². The molecular formula is C31H40F9N3O10. The van der Waals surface area contributed by atoms with Gasteiger partial charge in [0.25, 0.3) is 0 Å². The second-order valence-electron chi connectivity index (χ2n) is 11.2. The molecule has 1 saturated heterocycles. The van der Waals surface area contributed by atoms with E-state index in [0.717, 1.165) is 42.4 Å². The van der Waals surface area contributed by atoms with Crippen molar-refractivity contribution in [1.29, 1.82) is 0 Å². The first-order valence-electron chi connectivity index (χ1n) is 15.6. The van der Waals surface area contributed by atoms with E-state index in [0.29, 0.717) is 18.8 Å². The Labute approximate surface area is 296 Å². The van der Waals surface area contributed by atoms with Crippen LogP contribution in [0.15, 0.2) is 30.5 Å². The van der Waals surface area contributed by atoms with Crippen molar-refractivity contribution in [1.82, 2.24) is 15.2 Å². The molecule has 0 spiro atoms. The summed E-state index contributed by atoms with van der Waals surface area (Å²) in [6.45, 7) is 4.92. The number of carbonyl (C=O) groups is 4. The minimum absolute atomic E-state index is 0.152. The average Bonchev–Trinajstić information content (AvgIpc) is 3.06. The first-order chi connectivity index (χ1) is 24.4. The molecule has 3 rings (SSSR count). The Bertz CT molecular complexity index is 1400. The molecule has 53 heavy (non-hydrogen) atoms. The molecule has 3 atom stereocenters. The van der Waals surface area contributed by atoms with Crippen molar-refractivity contribution in [2.24, 2.45) is 5.92 Å². The number of methoxy groups -OCH3 is 1. The number of aliphatic hydroxyl groups is 1. The van der Waals surface area contributed by atoms with E-state index in [2.05, 4.69) is 22.1 Å². The van der Waals surface area contributed by atoms with Gasteiger partial charge in [-0.1, -0.05) is 32.6 Å². The van der Waals surface area contributed by atoms with Crippen LogP contribution in [0.25, 0.3) is 10.9 Å². The van der Waals surface area contributed by atoms with Gasteiger partial charge < -0.3 is 40.5 Å². The smallest absolute Gasteiger partial charge is 0.490 e. The highest BCUT2D eigenvalue weighted by molar-refractivity contribution is 5.84. The van der Waals surface area contributed by atoms with Gasteiger partial charge in [0.2, 0.25) is 0 Å². The van der Waals surface area contributed by atoms with Gasteiger partial charge in [0.05, 0.1) is 24.6 Å². The predicted molar refractivity (Wildman–Crippen MR) is 167 cm³/mol. The number of carboxylic acid groups (broad SMARTS) is 4. The molecule has 2 aromatic rings. The Morgan fingerprint density at radius 1 is 0.868 bits per heavy atom. The van der Waals surface area contributed by atoms with Gasteiger partial charge in [-0.2, -0.15) is 39.5 Å². The lowest BCUT2D eigenvalue weighted by molar-refractivity contribution is -0.193. The minimum atomic E-state index is -5.08. The van der Waals surface area contributed by atoms with Crippen molar-refractivity contribution < 1.29 is 89.0 Å². The molecule has 0 amide bonds. The zero-order valence-corrected chi connectivity index (χ0v) is 28.3. The number of aromatic nitrogens is 1. The number of halogens is 9. The molecule has 2 heterocycles. The summed E-state index contributed by atoms with van der Waals surface area (Å²) in [5, 5.41) is 46.2. The Morgan fingerprint density at radius 2 is 1.38 bits per heavy atom. The third kappa shape index (κ3) is 19.3. The van der Waals surface area contributed by atoms with E-state index in [1.54, 1.807) is 13.3 Å². The molecule has 0 radical (unpaired) electrons. The number of pyridine rings is 1. The molecule has 1 aromatic heterocycles. The maximum absolute atomic E-state index is 11.9. The lowest BCUT2D eigenvalue weighted by atomic mass is 9.91. The SMILES string of the molecule is CCCCCCCN1CC[C@@H](NC[C@H](O)c2ccnc3ccc(OC)cc23)[C@@H](C(=O)O)C1.O=C(O)C(F)(F)F.O=C(O)C(F)(F)F.O=C(O)C(F)(F)F. The summed E-state index contributed by atoms with van der Waals surface area (Å²) in [5.41, 5.74) is 1.55. The number of unbranched alkanes of at least 4 members (excludes halogenated alkanes) is 4. The summed E-state index contributed by atoms with van der Waals surface area (Å²) in [6, 6.07) is 7.25. The number of fused-ring (bicyclic) bond motifs is 1. The number of hydrogen-bond acceptors (Lipinski definition) is 9. The maximum atomic E-state index is 11.9. The number of hydrogen-bond donors (Lipinski definition) is 6. The highest BCUT2D eigenvalue weighted by Gasteiger charge is 2.39. The molecule has 1 fully saturated rings. The number of carboxylic acids is 4. The Hall–Kier alpha value is -4.44. The van der Waals surface area contributed by atoms with Crippen LogP contribution in [0.4, 0.5) is 39.5 Å². The van der Waals surface area contributed by atoms with Gasteiger partial charge >= 0.3 is 42.4 Å². The fourth-order valence-electron chi connectivity index (χ4n) is 4.59. The molecule has 1 aromatic carbocycles. The van der Waals surface area contributed by atoms with E-state index in [4.69, 9.17) is 34.4 Å². The van der Waals surface area contributed by atoms with Crippen LogP contribution >= 0.6 is 0 Å². The quantitative estimate of drug-likeness (QED) is 0.116. The lowest BCUT2D eigenvalue weighted by Crippen LogP contribution is -2.53. The molecule has 13 nitrogen and oxygen atoms in total. The largest absolute Gasteiger partial charge is 0.497 e. The standard InChI is InChI=1S/C25H37N3O4.3C2HF3O2/c1-3-4-5-6-7-13-28-14-11-23(21(17-28)25(30)31)27-16-24(29)19-10-12-26-22-9-8-18(32-2)15-20(19)22;3*3-2(4,5)1(6)7/h8-10,12,15,21,23-24,27,29H,3-7,11,13-14,16-17H2,1-2H3,(H,30,31);3*(H,6,7)/t21-,23+,24-;;;/m0.../s1. The van der Waals surface area contributed by atoms with Crippen LogP contribution < -0.4 is 10.1 Å². The number of likely N-dealkylation sites (tertiary alicyclic amines) is 1. The van der Waals surface area contributed by atoms with Gasteiger partial charge in [-0.3, -0.25) is 9.78 Å². The summed E-state index contributed by atoms with van der Waals surface area (Å²) < 4.78 is 101. The Kier molecular flexibility index (Phi) is 20.7. The molecule has 0 aliphatic carbocycles. The molecule has 302 valence electrons. The van der Waals surface area contributed by atoms with Gasteiger partial charge in [-0.15, -0.1) is 0 Å². The summed E-state index contributed by atoms with van der Waals surface area (Å²) in [6.07, 6.45) is -7.47. The first kappa shape index (κ1) is 48.6. The second kappa shape index (κ2) is 22.6. The number of piperidine rings is 1. The Morgan fingerprint density at radius 3 is 1.83 bits per heavy atom. The number of benzene rings is 1. The summed E-state index contributed by atoms with van der Waals surface area (Å²) in [4.78, 5) is 45.3. The summed E-state index contributed by atoms with van der Waals surface area (Å²) >= 11 is 0. The number of nitrogens with zero attached hydrogens (tertiary/aromatic N) is 2. The van der Waals surface area contributed by atoms with E-state index in [1.807, 2.05) is 24.3 Å². The van der Waals surface area contributed by atoms with Crippen LogP contribution in [0, 0.1) is 5.92 Å². The van der Waals surface area contributed by atoms with E-state index in [1.165, 1.54) is 25.7 Å². The van der Waals surface area contributed by atoms with E-state index in [9.17, 15) is 54.5 Å². The third-order valence-corrected chi connectivity index (χ3v) is 7.23. The zero-order chi connectivity index (χ0) is 41.2. The monoisotopic (exact) mass is 785 g/mol. The minimum Gasteiger partial charge on any atom is -0.497 e. The van der Waals surface area contributed by atoms with Crippen molar-refractivity contribution in [3.63, 3.8) is 0 Å². The highest BCUT2D eigenvalue weighted by atomic mass is 19.4. The van der Waals surface area contributed by atoms with Crippen molar-refractivity contribution >= 4 is 34.8 Å². The molecule has 1 aliphatic heterocycles. The van der Waals surface area contributed by atoms with E-state index in [-0.39, 0.29) is 6.04 Å². The number of rotatable bonds is 12. The van der Waals surface area contributed by atoms with Crippen LogP contribution in [-0.2, 0) is 19.2 Å². The molecule has 6 N–H and O–H groups in total. The number of ether oxygens (including phenoxy) is 1. The molecule has 0 unspecified atom stereocenters. The normalized spacial score (nSPS) is 16.8. The average molecular weight is 786 g/mol. The Balaban J connectivity index is 0.00000105. The van der Waals surface area contributed by atoms with Crippen molar-refractivity contribution in [3.8, 4) is 5.75 Å². The van der Waals surface area contributed by atoms with Crippen molar-refractivity contribution in [2.45, 2.75) is 76.1 Å². The molecule has 1 aliphatic rings. The maximum Gasteiger partial charge on any atom is 0.490 e. The number of alkyl halides is 9. The first-order valence-corrected chi connectivity index (χ1v) is 15.6. The molecule has 0 saturated carbocycles. The van der Waals surface area contributed by atoms with Gasteiger partial charge in [0, 0.05) is 30.7 Å². The van der Waals surface area contributed by atoms with Crippen molar-refractivity contribution in [3.05, 3.63) is 36.0 Å². The topological polar surface area (TPSA) is 207 Å². The van der Waals surface area contributed by atoms with Gasteiger partial charge in [0.1, 0.15) is 5.75 Å². The van der Waals surface area contributed by atoms with Gasteiger partial charge in [-0.05, 0) is 55.8 Å². The summed E-state index contributed by atoms with van der Waals surface area (Å²) in [7, 11) is 1.61. The molecular weight excluding hydrogens is 745 g/mol. The van der Waals surface area contributed by atoms with Crippen LogP contribution in [0.2, 0.25) is 0 Å². The fourth-order valence-corrected chi connectivity index (χ4v) is 4.59. The third-order valence-electron chi connectivity index (χ3n) is 7.23. The number of nitrogens with one attached hydrogen (secondary N) is 1. The number of aliphatic carboxylic acids is 4.